The lowest BCUT2D eigenvalue weighted by atomic mass is 9.76. The molecule has 2 aliphatic heterocycles. The highest BCUT2D eigenvalue weighted by molar-refractivity contribution is 7.85. The summed E-state index contributed by atoms with van der Waals surface area (Å²) in [5.41, 5.74) is 4.19. The molecule has 2 unspecified atom stereocenters. The summed E-state index contributed by atoms with van der Waals surface area (Å²) < 4.78 is 32.4. The molecular formula is C15H25N3O7S. The zero-order valence-corrected chi connectivity index (χ0v) is 15.8. The Morgan fingerprint density at radius 2 is 1.92 bits per heavy atom. The van der Waals surface area contributed by atoms with E-state index < -0.39 is 63.2 Å². The van der Waals surface area contributed by atoms with E-state index in [-0.39, 0.29) is 19.4 Å². The van der Waals surface area contributed by atoms with Gasteiger partial charge in [-0.25, -0.2) is 0 Å². The Morgan fingerprint density at radius 1 is 1.35 bits per heavy atom. The maximum absolute atomic E-state index is 12.6. The highest BCUT2D eigenvalue weighted by Crippen LogP contribution is 2.46. The smallest absolute Gasteiger partial charge is 0.266 e. The molecule has 2 saturated heterocycles. The van der Waals surface area contributed by atoms with Crippen LogP contribution in [0.1, 0.15) is 33.6 Å². The molecule has 2 rings (SSSR count). The third-order valence-electron chi connectivity index (χ3n) is 5.13. The van der Waals surface area contributed by atoms with Crippen LogP contribution in [0, 0.1) is 5.92 Å². The second kappa shape index (κ2) is 6.87. The van der Waals surface area contributed by atoms with E-state index in [9.17, 15) is 32.5 Å². The summed E-state index contributed by atoms with van der Waals surface area (Å²) in [5.74, 6) is -2.99. The van der Waals surface area contributed by atoms with E-state index in [1.807, 2.05) is 0 Å². The van der Waals surface area contributed by atoms with Crippen molar-refractivity contribution in [3.8, 4) is 0 Å². The Labute approximate surface area is 152 Å². The van der Waals surface area contributed by atoms with Crippen LogP contribution >= 0.6 is 0 Å². The number of likely N-dealkylation sites (tertiary alicyclic amines) is 2. The molecule has 4 N–H and O–H groups in total. The Bertz CT molecular complexity index is 721. The van der Waals surface area contributed by atoms with Crippen LogP contribution in [0.5, 0.6) is 0 Å². The number of amides is 3. The van der Waals surface area contributed by atoms with Gasteiger partial charge in [0.2, 0.25) is 17.7 Å². The number of imide groups is 1. The van der Waals surface area contributed by atoms with Gasteiger partial charge in [0.1, 0.15) is 6.04 Å². The monoisotopic (exact) mass is 391 g/mol. The van der Waals surface area contributed by atoms with Gasteiger partial charge >= 0.3 is 0 Å². The predicted molar refractivity (Wildman–Crippen MR) is 90.2 cm³/mol. The number of aliphatic hydroxyl groups excluding tert-OH is 1. The van der Waals surface area contributed by atoms with Gasteiger partial charge < -0.3 is 10.8 Å². The molecule has 0 aromatic rings. The molecule has 2 heterocycles. The summed E-state index contributed by atoms with van der Waals surface area (Å²) in [6.45, 7) is 4.59. The van der Waals surface area contributed by atoms with Crippen molar-refractivity contribution in [3.05, 3.63) is 0 Å². The molecule has 2 aliphatic rings. The fourth-order valence-corrected chi connectivity index (χ4v) is 4.91. The van der Waals surface area contributed by atoms with Gasteiger partial charge in [-0.3, -0.25) is 28.7 Å². The number of primary amides is 1. The van der Waals surface area contributed by atoms with E-state index in [0.29, 0.717) is 0 Å². The molecule has 10 nitrogen and oxygen atoms in total. The number of aliphatic hydroxyl groups is 1. The van der Waals surface area contributed by atoms with Crippen LogP contribution in [0.15, 0.2) is 0 Å². The molecule has 4 atom stereocenters. The number of hydrogen-bond acceptors (Lipinski definition) is 7. The Morgan fingerprint density at radius 3 is 2.35 bits per heavy atom. The molecule has 148 valence electrons. The second-order valence-electron chi connectivity index (χ2n) is 7.35. The summed E-state index contributed by atoms with van der Waals surface area (Å²) in [7, 11) is -4.48. The predicted octanol–water partition coefficient (Wildman–Crippen LogP) is -1.66. The van der Waals surface area contributed by atoms with E-state index >= 15 is 0 Å². The maximum atomic E-state index is 12.6. The third-order valence-corrected chi connectivity index (χ3v) is 5.87. The molecule has 0 aliphatic carbocycles. The molecule has 0 aromatic heterocycles. The summed E-state index contributed by atoms with van der Waals surface area (Å²) in [6, 6.07) is -2.22. The van der Waals surface area contributed by atoms with Gasteiger partial charge in [-0.05, 0) is 13.3 Å². The molecular weight excluding hydrogens is 366 g/mol. The fourth-order valence-electron chi connectivity index (χ4n) is 4.01. The van der Waals surface area contributed by atoms with Gasteiger partial charge in [0, 0.05) is 18.9 Å². The first kappa shape index (κ1) is 20.7. The van der Waals surface area contributed by atoms with Gasteiger partial charge in [0.05, 0.1) is 23.4 Å². The zero-order valence-electron chi connectivity index (χ0n) is 15.0. The minimum Gasteiger partial charge on any atom is -0.391 e. The van der Waals surface area contributed by atoms with Crippen molar-refractivity contribution in [1.82, 2.24) is 9.80 Å². The topological polar surface area (TPSA) is 158 Å². The number of nitrogens with zero attached hydrogens (tertiary/aromatic N) is 2. The quantitative estimate of drug-likeness (QED) is 0.454. The second-order valence-corrected chi connectivity index (χ2v) is 8.85. The van der Waals surface area contributed by atoms with Crippen molar-refractivity contribution in [3.63, 3.8) is 0 Å². The average Bonchev–Trinajstić information content (AvgIpc) is 2.81. The molecule has 2 fully saturated rings. The molecule has 11 heteroatoms. The number of hydrogen-bond donors (Lipinski definition) is 3. The van der Waals surface area contributed by atoms with Crippen LogP contribution in [0.2, 0.25) is 0 Å². The summed E-state index contributed by atoms with van der Waals surface area (Å²) >= 11 is 0. The van der Waals surface area contributed by atoms with Crippen molar-refractivity contribution in [2.75, 3.05) is 12.3 Å². The van der Waals surface area contributed by atoms with Crippen molar-refractivity contribution >= 4 is 27.8 Å². The van der Waals surface area contributed by atoms with Gasteiger partial charge in [-0.1, -0.05) is 13.8 Å². The average molecular weight is 391 g/mol. The summed E-state index contributed by atoms with van der Waals surface area (Å²) in [6.07, 6.45) is -0.920. The first-order valence-corrected chi connectivity index (χ1v) is 9.98. The van der Waals surface area contributed by atoms with Crippen LogP contribution in [-0.2, 0) is 24.5 Å². The highest BCUT2D eigenvalue weighted by atomic mass is 32.2. The van der Waals surface area contributed by atoms with Crippen molar-refractivity contribution in [1.29, 1.82) is 0 Å². The normalized spacial score (nSPS) is 29.1. The Kier molecular flexibility index (Phi) is 5.48. The standard InChI is InChI=1S/C15H25N3O7S/c1-8(2)14(22)18-11(20)4-5-15(18)7-17(10(15)6-26(23,24)25)12(9(3)19)13(16)21/h8-10,12,19H,4-7H2,1-3H3,(H2,16,21)(H,23,24,25)/t9-,10?,12+,15?/m1/s1. The first-order valence-electron chi connectivity index (χ1n) is 8.37. The summed E-state index contributed by atoms with van der Waals surface area (Å²) in [4.78, 5) is 39.0. The number of carbonyl (C=O) groups excluding carboxylic acids is 3. The van der Waals surface area contributed by atoms with Gasteiger partial charge in [-0.15, -0.1) is 0 Å². The third kappa shape index (κ3) is 3.48. The minimum atomic E-state index is -4.48. The minimum absolute atomic E-state index is 0.00981. The Balaban J connectivity index is 2.46. The molecule has 26 heavy (non-hydrogen) atoms. The number of carbonyl (C=O) groups is 3. The lowest BCUT2D eigenvalue weighted by Crippen LogP contribution is -2.81. The molecule has 0 saturated carbocycles. The van der Waals surface area contributed by atoms with E-state index in [1.54, 1.807) is 13.8 Å². The molecule has 3 amide bonds. The van der Waals surface area contributed by atoms with Crippen molar-refractivity contribution < 1.29 is 32.5 Å². The summed E-state index contributed by atoms with van der Waals surface area (Å²) in [5, 5.41) is 9.88. The number of rotatable bonds is 6. The van der Waals surface area contributed by atoms with E-state index in [1.165, 1.54) is 11.8 Å². The van der Waals surface area contributed by atoms with Gasteiger partial charge in [0.25, 0.3) is 10.1 Å². The largest absolute Gasteiger partial charge is 0.391 e. The van der Waals surface area contributed by atoms with E-state index in [4.69, 9.17) is 5.73 Å². The van der Waals surface area contributed by atoms with Gasteiger partial charge in [-0.2, -0.15) is 8.42 Å². The van der Waals surface area contributed by atoms with Crippen LogP contribution in [0.25, 0.3) is 0 Å². The van der Waals surface area contributed by atoms with Crippen LogP contribution in [0.4, 0.5) is 0 Å². The SMILES string of the molecule is CC(C)C(=O)N1C(=O)CCC12CN([C@H](C(N)=O)[C@@H](C)O)C2CS(=O)(=O)O. The van der Waals surface area contributed by atoms with Gasteiger partial charge in [0.15, 0.2) is 0 Å². The maximum Gasteiger partial charge on any atom is 0.266 e. The number of nitrogens with two attached hydrogens (primary N) is 1. The molecule has 0 radical (unpaired) electrons. The first-order chi connectivity index (χ1) is 11.8. The van der Waals surface area contributed by atoms with Crippen molar-refractivity contribution in [2.45, 2.75) is 57.3 Å². The van der Waals surface area contributed by atoms with E-state index in [2.05, 4.69) is 0 Å². The molecule has 0 bridgehead atoms. The fraction of sp³-hybridized carbons (Fsp3) is 0.800. The van der Waals surface area contributed by atoms with Crippen LogP contribution < -0.4 is 5.73 Å². The lowest BCUT2D eigenvalue weighted by molar-refractivity contribution is -0.170. The Hall–Kier alpha value is -1.56. The zero-order chi connectivity index (χ0) is 20.0. The molecule has 0 aromatic carbocycles. The lowest BCUT2D eigenvalue weighted by Gasteiger charge is -2.60. The highest BCUT2D eigenvalue weighted by Gasteiger charge is 2.65. The van der Waals surface area contributed by atoms with Crippen LogP contribution in [0.3, 0.4) is 0 Å². The van der Waals surface area contributed by atoms with Crippen LogP contribution in [-0.4, -0.2) is 81.6 Å². The molecule has 1 spiro atoms. The van der Waals surface area contributed by atoms with Crippen molar-refractivity contribution in [2.24, 2.45) is 11.7 Å². The van der Waals surface area contributed by atoms with E-state index in [0.717, 1.165) is 4.90 Å².